The Morgan fingerprint density at radius 3 is 2.82 bits per heavy atom. The van der Waals surface area contributed by atoms with Gasteiger partial charge in [-0.1, -0.05) is 11.2 Å². The van der Waals surface area contributed by atoms with Gasteiger partial charge in [0.1, 0.15) is 29.9 Å². The summed E-state index contributed by atoms with van der Waals surface area (Å²) < 4.78 is 0. The van der Waals surface area contributed by atoms with Gasteiger partial charge in [-0.25, -0.2) is 14.8 Å². The van der Waals surface area contributed by atoms with Gasteiger partial charge < -0.3 is 22.4 Å². The molecule has 11 nitrogen and oxygen atoms in total. The Kier molecular flexibility index (Phi) is 8.31. The van der Waals surface area contributed by atoms with Crippen LogP contribution in [0.25, 0.3) is 6.08 Å². The van der Waals surface area contributed by atoms with Crippen LogP contribution in [-0.4, -0.2) is 67.7 Å². The molecule has 0 saturated carbocycles. The van der Waals surface area contributed by atoms with E-state index in [9.17, 15) is 19.5 Å². The van der Waals surface area contributed by atoms with Crippen LogP contribution >= 0.6 is 34.4 Å². The molecule has 0 bridgehead atoms. The second-order valence-corrected chi connectivity index (χ2v) is 9.19. The quantitative estimate of drug-likeness (QED) is 0.165. The Labute approximate surface area is 223 Å². The number of anilines is 1. The first-order chi connectivity index (χ1) is 15.4. The summed E-state index contributed by atoms with van der Waals surface area (Å²) in [5.74, 6) is -2.07. The van der Waals surface area contributed by atoms with Crippen LogP contribution in [0.4, 0.5) is 5.13 Å². The van der Waals surface area contributed by atoms with Gasteiger partial charge in [0, 0.05) is 16.5 Å². The molecule has 0 aromatic carbocycles. The molecule has 4 N–H and O–H groups in total. The largest absolute Gasteiger partial charge is 1.00 e. The van der Waals surface area contributed by atoms with Crippen molar-refractivity contribution >= 4 is 69.1 Å². The molecule has 33 heavy (non-hydrogen) atoms. The summed E-state index contributed by atoms with van der Waals surface area (Å²) in [5.41, 5.74) is 8.46. The number of allylic oxidation sites excluding steroid dienone is 1. The third-order valence-electron chi connectivity index (χ3n) is 4.56. The number of hydrogen-bond donors (Lipinski definition) is 3. The van der Waals surface area contributed by atoms with Crippen molar-refractivity contribution in [2.45, 2.75) is 11.4 Å². The molecule has 2 aromatic heterocycles. The maximum atomic E-state index is 12.8. The van der Waals surface area contributed by atoms with E-state index in [1.807, 2.05) is 5.38 Å². The second-order valence-electron chi connectivity index (χ2n) is 6.48. The van der Waals surface area contributed by atoms with Gasteiger partial charge in [0.2, 0.25) is 0 Å². The van der Waals surface area contributed by atoms with Crippen LogP contribution in [0.5, 0.6) is 0 Å². The summed E-state index contributed by atoms with van der Waals surface area (Å²) in [7, 11) is 1.28. The second kappa shape index (κ2) is 10.8. The van der Waals surface area contributed by atoms with E-state index < -0.39 is 29.2 Å². The number of nitrogens with zero attached hydrogens (tertiary/aromatic N) is 4. The molecule has 2 atom stereocenters. The number of thioether (sulfide) groups is 1. The number of fused-ring (bicyclic) bond motifs is 1. The topological polar surface area (TPSA) is 160 Å². The molecule has 2 amide bonds. The van der Waals surface area contributed by atoms with Crippen molar-refractivity contribution in [1.82, 2.24) is 20.2 Å². The molecule has 1 saturated heterocycles. The van der Waals surface area contributed by atoms with Crippen LogP contribution in [-0.2, 0) is 19.2 Å². The van der Waals surface area contributed by atoms with E-state index >= 15 is 0 Å². The minimum Gasteiger partial charge on any atom is -1.00 e. The number of rotatable bonds is 7. The number of carboxylic acid groups (broad SMARTS) is 1. The van der Waals surface area contributed by atoms with Crippen LogP contribution in [0.1, 0.15) is 12.8 Å². The summed E-state index contributed by atoms with van der Waals surface area (Å²) in [5, 5.41) is 19.1. The average Bonchev–Trinajstić information content (AvgIpc) is 3.45. The van der Waals surface area contributed by atoms with Crippen LogP contribution in [0.2, 0.25) is 0 Å². The molecule has 4 rings (SSSR count). The van der Waals surface area contributed by atoms with E-state index in [-0.39, 0.29) is 53.2 Å². The van der Waals surface area contributed by atoms with Gasteiger partial charge >= 0.3 is 35.5 Å². The van der Waals surface area contributed by atoms with Crippen molar-refractivity contribution in [3.05, 3.63) is 45.0 Å². The third-order valence-corrected chi connectivity index (χ3v) is 7.14. The van der Waals surface area contributed by atoms with Gasteiger partial charge in [-0.05, 0) is 11.6 Å². The molecule has 15 heteroatoms. The fraction of sp³-hybridized carbons (Fsp3) is 0.222. The maximum absolute atomic E-state index is 12.8. The Balaban J connectivity index is 0.00000204. The zero-order chi connectivity index (χ0) is 22.8. The number of hydrogen-bond acceptors (Lipinski definition) is 11. The number of aromatic nitrogens is 2. The predicted octanol–water partition coefficient (Wildman–Crippen LogP) is -1.90. The zero-order valence-corrected chi connectivity index (χ0v) is 21.9. The molecule has 0 radical (unpaired) electrons. The number of carbonyl (C=O) groups is 3. The molecule has 1 unspecified atom stereocenters. The smallest absolute Gasteiger partial charge is 1.00 e. The molecular weight excluding hydrogens is 499 g/mol. The Morgan fingerprint density at radius 2 is 2.21 bits per heavy atom. The van der Waals surface area contributed by atoms with E-state index in [1.165, 1.54) is 35.1 Å². The van der Waals surface area contributed by atoms with E-state index in [1.54, 1.807) is 23.0 Å². The summed E-state index contributed by atoms with van der Waals surface area (Å²) in [6, 6.07) is -0.913. The standard InChI is InChI=1S/C18H16N6O5S3.Na.H/c1-29-23-11(10-6-32-18(19)21-10)14(25)22-12-15(26)24-13(17(27)28)8(4-31-16(12)24)2-3-9-5-30-7-20-9;;/h2-3,5-7,12,16H,4H2,1H3,(H2,19,21)(H,22,25)(H,27,28);;/q;+1;-1/b3-2+,23-11+;;/t12?,16-;;/m1../s1. The minimum absolute atomic E-state index is 0. The van der Waals surface area contributed by atoms with Crippen LogP contribution < -0.4 is 40.6 Å². The molecule has 2 aliphatic heterocycles. The van der Waals surface area contributed by atoms with Crippen molar-refractivity contribution in [1.29, 1.82) is 0 Å². The number of amides is 2. The molecule has 168 valence electrons. The number of nitrogens with two attached hydrogens (primary N) is 1. The monoisotopic (exact) mass is 516 g/mol. The van der Waals surface area contributed by atoms with Gasteiger partial charge in [0.25, 0.3) is 11.8 Å². The third kappa shape index (κ3) is 5.15. The maximum Gasteiger partial charge on any atom is 1.00 e. The molecule has 0 aliphatic carbocycles. The van der Waals surface area contributed by atoms with Crippen LogP contribution in [0.15, 0.2) is 38.8 Å². The van der Waals surface area contributed by atoms with E-state index in [0.29, 0.717) is 17.0 Å². The molecule has 4 heterocycles. The van der Waals surface area contributed by atoms with Crippen LogP contribution in [0.3, 0.4) is 0 Å². The Hall–Kier alpha value is -2.23. The summed E-state index contributed by atoms with van der Waals surface area (Å²) in [6.45, 7) is 0. The van der Waals surface area contributed by atoms with Gasteiger partial charge in [-0.15, -0.1) is 34.4 Å². The number of nitrogen functional groups attached to an aromatic ring is 1. The number of β-lactam (4-membered cyclic amide) rings is 1. The van der Waals surface area contributed by atoms with Crippen molar-refractivity contribution in [3.8, 4) is 0 Å². The van der Waals surface area contributed by atoms with Crippen molar-refractivity contribution in [3.63, 3.8) is 0 Å². The fourth-order valence-corrected chi connectivity index (χ4v) is 5.55. The summed E-state index contributed by atoms with van der Waals surface area (Å²) >= 11 is 3.91. The number of aliphatic carboxylic acids is 1. The first-order valence-electron chi connectivity index (χ1n) is 9.01. The van der Waals surface area contributed by atoms with Gasteiger partial charge in [-0.3, -0.25) is 14.5 Å². The first kappa shape index (κ1) is 25.4. The van der Waals surface area contributed by atoms with Crippen LogP contribution in [0, 0.1) is 0 Å². The fourth-order valence-electron chi connectivity index (χ4n) is 3.16. The van der Waals surface area contributed by atoms with Gasteiger partial charge in [0.15, 0.2) is 10.8 Å². The minimum atomic E-state index is -1.22. The number of carbonyl (C=O) groups excluding carboxylic acids is 2. The molecule has 2 aliphatic rings. The van der Waals surface area contributed by atoms with Gasteiger partial charge in [0.05, 0.1) is 11.2 Å². The van der Waals surface area contributed by atoms with Crippen molar-refractivity contribution < 1.29 is 55.3 Å². The number of oxime groups is 1. The number of thiazole rings is 2. The van der Waals surface area contributed by atoms with Crippen molar-refractivity contribution in [2.75, 3.05) is 18.6 Å². The molecular formula is C18H17N6NaO5S3. The van der Waals surface area contributed by atoms with E-state index in [4.69, 9.17) is 10.6 Å². The predicted molar refractivity (Wildman–Crippen MR) is 122 cm³/mol. The molecule has 0 spiro atoms. The molecule has 1 fully saturated rings. The summed E-state index contributed by atoms with van der Waals surface area (Å²) in [6.07, 6.45) is 3.35. The zero-order valence-electron chi connectivity index (χ0n) is 18.4. The molecule has 2 aromatic rings. The van der Waals surface area contributed by atoms with Crippen molar-refractivity contribution in [2.24, 2.45) is 5.16 Å². The SMILES string of the molecule is CO/N=C(/C(=O)NC1C(=O)N2C(C(=O)O)=C(/C=C/c3cscn3)CS[C@H]12)c1csc(N)n1.[H-].[Na+]. The Morgan fingerprint density at radius 1 is 1.42 bits per heavy atom. The van der Waals surface area contributed by atoms with Gasteiger partial charge in [-0.2, -0.15) is 0 Å². The Bertz CT molecular complexity index is 1170. The summed E-state index contributed by atoms with van der Waals surface area (Å²) in [4.78, 5) is 51.5. The number of carboxylic acids is 1. The van der Waals surface area contributed by atoms with E-state index in [0.717, 1.165) is 11.3 Å². The van der Waals surface area contributed by atoms with E-state index in [2.05, 4.69) is 20.4 Å². The number of nitrogens with one attached hydrogen (secondary N) is 1. The average molecular weight is 517 g/mol. The first-order valence-corrected chi connectivity index (χ1v) is 11.9. The normalized spacial score (nSPS) is 20.2.